The largest absolute Gasteiger partial charge is 0.493 e. The molecule has 0 spiro atoms. The highest BCUT2D eigenvalue weighted by molar-refractivity contribution is 9.10. The molecule has 1 aromatic heterocycles. The van der Waals surface area contributed by atoms with Crippen LogP contribution in [0.1, 0.15) is 52.0 Å². The van der Waals surface area contributed by atoms with Crippen LogP contribution in [-0.4, -0.2) is 26.3 Å². The summed E-state index contributed by atoms with van der Waals surface area (Å²) in [5.74, 6) is 1.16. The summed E-state index contributed by atoms with van der Waals surface area (Å²) < 4.78 is 11.6. The van der Waals surface area contributed by atoms with E-state index in [9.17, 15) is 4.79 Å². The molecule has 0 atom stereocenters. The Balaban J connectivity index is 1.72. The van der Waals surface area contributed by atoms with Gasteiger partial charge in [0.25, 0.3) is 5.91 Å². The molecule has 0 unspecified atom stereocenters. The molecule has 1 aliphatic rings. The minimum atomic E-state index is -0.0973. The van der Waals surface area contributed by atoms with E-state index in [-0.39, 0.29) is 5.91 Å². The van der Waals surface area contributed by atoms with Crippen molar-refractivity contribution in [2.24, 2.45) is 4.99 Å². The minimum Gasteiger partial charge on any atom is -0.493 e. The fourth-order valence-corrected chi connectivity index (χ4v) is 5.94. The first-order chi connectivity index (χ1) is 16.1. The van der Waals surface area contributed by atoms with Crippen LogP contribution in [0.5, 0.6) is 11.5 Å². The second kappa shape index (κ2) is 11.0. The first-order valence-corrected chi connectivity index (χ1v) is 12.7. The maximum atomic E-state index is 13.4. The molecule has 3 aromatic rings. The van der Waals surface area contributed by atoms with Crippen LogP contribution < -0.4 is 14.8 Å². The number of carbonyl (C=O) groups is 1. The molecule has 4 rings (SSSR count). The number of aryl methyl sites for hydroxylation is 1. The number of amides is 1. The zero-order valence-electron chi connectivity index (χ0n) is 18.8. The van der Waals surface area contributed by atoms with Crippen LogP contribution in [-0.2, 0) is 12.8 Å². The minimum absolute atomic E-state index is 0.0973. The Hall–Kier alpha value is -2.64. The van der Waals surface area contributed by atoms with Crippen LogP contribution in [0.25, 0.3) is 0 Å². The number of nitrogens with zero attached hydrogens (tertiary/aromatic N) is 1. The standard InChI is InChI=1S/C26H27BrN2O3S/c1-31-21-15-17(14-20(27)24(21)32-2)16-28-26-23(25(30)29-18-10-6-5-7-11-18)19-12-8-3-4-9-13-22(19)33-26/h5-7,10-11,14-16H,3-4,8-9,12-13H2,1-2H3,(H,29,30). The molecular weight excluding hydrogens is 500 g/mol. The number of para-hydroxylation sites is 1. The highest BCUT2D eigenvalue weighted by atomic mass is 79.9. The van der Waals surface area contributed by atoms with Crippen molar-refractivity contribution in [3.8, 4) is 11.5 Å². The molecule has 1 aliphatic carbocycles. The maximum Gasteiger partial charge on any atom is 0.259 e. The van der Waals surface area contributed by atoms with E-state index in [1.54, 1.807) is 31.8 Å². The average molecular weight is 527 g/mol. The van der Waals surface area contributed by atoms with Gasteiger partial charge in [0.05, 0.1) is 24.3 Å². The molecule has 2 aromatic carbocycles. The van der Waals surface area contributed by atoms with E-state index in [2.05, 4.69) is 21.2 Å². The zero-order chi connectivity index (χ0) is 23.2. The summed E-state index contributed by atoms with van der Waals surface area (Å²) in [6.45, 7) is 0. The Bertz CT molecular complexity index is 1160. The first kappa shape index (κ1) is 23.5. The number of methoxy groups -OCH3 is 2. The number of ether oxygens (including phenoxy) is 2. The van der Waals surface area contributed by atoms with Crippen LogP contribution >= 0.6 is 27.3 Å². The topological polar surface area (TPSA) is 59.9 Å². The first-order valence-electron chi connectivity index (χ1n) is 11.1. The zero-order valence-corrected chi connectivity index (χ0v) is 21.2. The van der Waals surface area contributed by atoms with E-state index >= 15 is 0 Å². The second-order valence-corrected chi connectivity index (χ2v) is 9.85. The summed E-state index contributed by atoms with van der Waals surface area (Å²) in [6, 6.07) is 13.4. The number of thiophene rings is 1. The number of nitrogens with one attached hydrogen (secondary N) is 1. The van der Waals surface area contributed by atoms with Gasteiger partial charge in [-0.05, 0) is 77.0 Å². The summed E-state index contributed by atoms with van der Waals surface area (Å²) in [4.78, 5) is 19.5. The van der Waals surface area contributed by atoms with Crippen molar-refractivity contribution in [2.45, 2.75) is 38.5 Å². The van der Waals surface area contributed by atoms with Gasteiger partial charge in [-0.15, -0.1) is 11.3 Å². The molecule has 0 saturated heterocycles. The van der Waals surface area contributed by atoms with Crippen molar-refractivity contribution in [1.82, 2.24) is 0 Å². The predicted octanol–water partition coefficient (Wildman–Crippen LogP) is 7.19. The van der Waals surface area contributed by atoms with E-state index < -0.39 is 0 Å². The van der Waals surface area contributed by atoms with Gasteiger partial charge < -0.3 is 14.8 Å². The Morgan fingerprint density at radius 1 is 1.06 bits per heavy atom. The molecular formula is C26H27BrN2O3S. The third-order valence-electron chi connectivity index (χ3n) is 5.70. The van der Waals surface area contributed by atoms with Crippen molar-refractivity contribution in [3.05, 3.63) is 68.5 Å². The molecule has 33 heavy (non-hydrogen) atoms. The van der Waals surface area contributed by atoms with Gasteiger partial charge in [0.15, 0.2) is 11.5 Å². The lowest BCUT2D eigenvalue weighted by atomic mass is 9.96. The fraction of sp³-hybridized carbons (Fsp3) is 0.308. The Morgan fingerprint density at radius 2 is 1.82 bits per heavy atom. The maximum absolute atomic E-state index is 13.4. The third-order valence-corrected chi connectivity index (χ3v) is 7.49. The lowest BCUT2D eigenvalue weighted by Crippen LogP contribution is -2.14. The number of aliphatic imine (C=N–C) groups is 1. The van der Waals surface area contributed by atoms with Gasteiger partial charge in [-0.25, -0.2) is 4.99 Å². The summed E-state index contributed by atoms with van der Waals surface area (Å²) in [5, 5.41) is 3.81. The highest BCUT2D eigenvalue weighted by Crippen LogP contribution is 2.40. The van der Waals surface area contributed by atoms with E-state index in [0.717, 1.165) is 52.0 Å². The van der Waals surface area contributed by atoms with E-state index in [1.807, 2.05) is 42.5 Å². The SMILES string of the molecule is COc1cc(C=Nc2sc3c(c2C(=O)Nc2ccccc2)CCCCCC3)cc(Br)c1OC. The number of benzene rings is 2. The average Bonchev–Trinajstić information content (AvgIpc) is 3.14. The smallest absolute Gasteiger partial charge is 0.259 e. The molecule has 1 amide bonds. The van der Waals surface area contributed by atoms with Gasteiger partial charge in [-0.2, -0.15) is 0 Å². The lowest BCUT2D eigenvalue weighted by molar-refractivity contribution is 0.102. The van der Waals surface area contributed by atoms with E-state index in [1.165, 1.54) is 17.7 Å². The second-order valence-electron chi connectivity index (χ2n) is 7.91. The van der Waals surface area contributed by atoms with Gasteiger partial charge in [-0.1, -0.05) is 31.0 Å². The monoisotopic (exact) mass is 526 g/mol. The predicted molar refractivity (Wildman–Crippen MR) is 139 cm³/mol. The van der Waals surface area contributed by atoms with Crippen LogP contribution in [0.2, 0.25) is 0 Å². The highest BCUT2D eigenvalue weighted by Gasteiger charge is 2.24. The number of fused-ring (bicyclic) bond motifs is 1. The summed E-state index contributed by atoms with van der Waals surface area (Å²) >= 11 is 5.17. The Morgan fingerprint density at radius 3 is 2.55 bits per heavy atom. The molecule has 1 N–H and O–H groups in total. The number of rotatable bonds is 6. The number of halogens is 1. The fourth-order valence-electron chi connectivity index (χ4n) is 4.09. The van der Waals surface area contributed by atoms with Crippen LogP contribution in [0.15, 0.2) is 51.9 Å². The van der Waals surface area contributed by atoms with Gasteiger partial charge in [-0.3, -0.25) is 4.79 Å². The third kappa shape index (κ3) is 5.47. The number of anilines is 1. The van der Waals surface area contributed by atoms with Crippen molar-refractivity contribution >= 4 is 50.1 Å². The van der Waals surface area contributed by atoms with Gasteiger partial charge in [0, 0.05) is 16.8 Å². The summed E-state index contributed by atoms with van der Waals surface area (Å²) in [5.41, 5.74) is 3.51. The van der Waals surface area contributed by atoms with Gasteiger partial charge in [0.2, 0.25) is 0 Å². The molecule has 5 nitrogen and oxygen atoms in total. The Labute approximate surface area is 207 Å². The number of hydrogen-bond acceptors (Lipinski definition) is 5. The van der Waals surface area contributed by atoms with E-state index in [4.69, 9.17) is 14.5 Å². The molecule has 7 heteroatoms. The van der Waals surface area contributed by atoms with Gasteiger partial charge >= 0.3 is 0 Å². The number of carbonyl (C=O) groups excluding carboxylic acids is 1. The van der Waals surface area contributed by atoms with Crippen LogP contribution in [0.3, 0.4) is 0 Å². The molecule has 1 heterocycles. The van der Waals surface area contributed by atoms with Crippen molar-refractivity contribution in [2.75, 3.05) is 19.5 Å². The van der Waals surface area contributed by atoms with Crippen molar-refractivity contribution in [1.29, 1.82) is 0 Å². The van der Waals surface area contributed by atoms with Crippen LogP contribution in [0.4, 0.5) is 10.7 Å². The molecule has 0 fully saturated rings. The normalized spacial score (nSPS) is 13.8. The lowest BCUT2D eigenvalue weighted by Gasteiger charge is -2.12. The molecule has 0 aliphatic heterocycles. The molecule has 0 radical (unpaired) electrons. The van der Waals surface area contributed by atoms with Crippen LogP contribution in [0, 0.1) is 0 Å². The molecule has 0 saturated carbocycles. The molecule has 0 bridgehead atoms. The number of hydrogen-bond donors (Lipinski definition) is 1. The summed E-state index contributed by atoms with van der Waals surface area (Å²) in [6.07, 6.45) is 8.39. The Kier molecular flexibility index (Phi) is 7.83. The van der Waals surface area contributed by atoms with Gasteiger partial charge in [0.1, 0.15) is 5.00 Å². The van der Waals surface area contributed by atoms with Crippen molar-refractivity contribution < 1.29 is 14.3 Å². The molecule has 172 valence electrons. The summed E-state index contributed by atoms with van der Waals surface area (Å²) in [7, 11) is 3.21. The quantitative estimate of drug-likeness (QED) is 0.345. The van der Waals surface area contributed by atoms with Crippen molar-refractivity contribution in [3.63, 3.8) is 0 Å². The van der Waals surface area contributed by atoms with E-state index in [0.29, 0.717) is 17.1 Å².